The van der Waals surface area contributed by atoms with E-state index in [9.17, 15) is 9.59 Å². The molecular weight excluding hydrogens is 388 g/mol. The summed E-state index contributed by atoms with van der Waals surface area (Å²) in [4.78, 5) is 43.6. The molecule has 3 aromatic heterocycles. The highest BCUT2D eigenvalue weighted by molar-refractivity contribution is 7.13. The van der Waals surface area contributed by atoms with Crippen LogP contribution >= 0.6 is 11.3 Å². The fraction of sp³-hybridized carbons (Fsp3) is 0.300. The number of thiazole rings is 1. The van der Waals surface area contributed by atoms with E-state index < -0.39 is 0 Å². The second-order valence-corrected chi connectivity index (χ2v) is 7.59. The van der Waals surface area contributed by atoms with Crippen LogP contribution in [0, 0.1) is 5.92 Å². The van der Waals surface area contributed by atoms with E-state index in [2.05, 4.69) is 25.3 Å². The summed E-state index contributed by atoms with van der Waals surface area (Å²) in [5.74, 6) is -0.173. The lowest BCUT2D eigenvalue weighted by Crippen LogP contribution is -2.43. The fourth-order valence-corrected chi connectivity index (χ4v) is 4.01. The van der Waals surface area contributed by atoms with Gasteiger partial charge in [0, 0.05) is 43.0 Å². The zero-order valence-corrected chi connectivity index (χ0v) is 16.5. The van der Waals surface area contributed by atoms with Crippen molar-refractivity contribution in [1.82, 2.24) is 30.2 Å². The summed E-state index contributed by atoms with van der Waals surface area (Å²) in [6, 6.07) is 5.30. The molecule has 1 saturated heterocycles. The SMILES string of the molecule is O=C(NCc1csc(-c2cnccn2)n1)C1CCN(C(=O)c2ccccn2)CC1. The van der Waals surface area contributed by atoms with Gasteiger partial charge in [-0.05, 0) is 25.0 Å². The minimum atomic E-state index is -0.0964. The first-order chi connectivity index (χ1) is 14.2. The van der Waals surface area contributed by atoms with Crippen molar-refractivity contribution in [1.29, 1.82) is 0 Å². The van der Waals surface area contributed by atoms with Gasteiger partial charge in [-0.3, -0.25) is 24.5 Å². The number of hydrogen-bond acceptors (Lipinski definition) is 7. The molecule has 1 aliphatic heterocycles. The minimum Gasteiger partial charge on any atom is -0.350 e. The zero-order chi connectivity index (χ0) is 20.1. The molecule has 0 bridgehead atoms. The summed E-state index contributed by atoms with van der Waals surface area (Å²) in [5.41, 5.74) is 1.96. The smallest absolute Gasteiger partial charge is 0.272 e. The monoisotopic (exact) mass is 408 g/mol. The van der Waals surface area contributed by atoms with Crippen LogP contribution in [-0.2, 0) is 11.3 Å². The largest absolute Gasteiger partial charge is 0.350 e. The molecule has 1 fully saturated rings. The predicted molar refractivity (Wildman–Crippen MR) is 108 cm³/mol. The number of carbonyl (C=O) groups is 2. The van der Waals surface area contributed by atoms with Crippen LogP contribution in [0.3, 0.4) is 0 Å². The Morgan fingerprint density at radius 1 is 1.14 bits per heavy atom. The molecule has 1 aliphatic rings. The molecule has 3 aromatic rings. The molecule has 148 valence electrons. The first-order valence-electron chi connectivity index (χ1n) is 9.39. The van der Waals surface area contributed by atoms with E-state index in [-0.39, 0.29) is 17.7 Å². The van der Waals surface area contributed by atoms with Crippen molar-refractivity contribution in [2.75, 3.05) is 13.1 Å². The number of nitrogens with one attached hydrogen (secondary N) is 1. The number of piperidine rings is 1. The molecule has 29 heavy (non-hydrogen) atoms. The molecule has 4 heterocycles. The molecule has 8 nitrogen and oxygen atoms in total. The van der Waals surface area contributed by atoms with Crippen molar-refractivity contribution in [3.8, 4) is 10.7 Å². The number of rotatable bonds is 5. The molecule has 0 radical (unpaired) electrons. The molecule has 0 aliphatic carbocycles. The standard InChI is InChI=1S/C20H20N6O2S/c27-18(24-11-15-13-29-19(25-15)17-12-21-7-8-23-17)14-4-9-26(10-5-14)20(28)16-3-1-2-6-22-16/h1-3,6-8,12-14H,4-5,9-11H2,(H,24,27). The zero-order valence-electron chi connectivity index (χ0n) is 15.7. The fourth-order valence-electron chi connectivity index (χ4n) is 3.23. The van der Waals surface area contributed by atoms with Crippen LogP contribution in [0.4, 0.5) is 0 Å². The molecule has 0 unspecified atom stereocenters. The van der Waals surface area contributed by atoms with E-state index in [1.54, 1.807) is 47.9 Å². The van der Waals surface area contributed by atoms with E-state index in [1.807, 2.05) is 5.38 Å². The highest BCUT2D eigenvalue weighted by Crippen LogP contribution is 2.22. The molecule has 0 saturated carbocycles. The van der Waals surface area contributed by atoms with Gasteiger partial charge in [-0.1, -0.05) is 6.07 Å². The second kappa shape index (κ2) is 8.87. The minimum absolute atomic E-state index is 0.00369. The van der Waals surface area contributed by atoms with Gasteiger partial charge in [-0.25, -0.2) is 4.98 Å². The average molecular weight is 408 g/mol. The molecule has 9 heteroatoms. The Bertz CT molecular complexity index is 971. The lowest BCUT2D eigenvalue weighted by molar-refractivity contribution is -0.126. The number of likely N-dealkylation sites (tertiary alicyclic amines) is 1. The predicted octanol–water partition coefficient (Wildman–Crippen LogP) is 2.16. The number of pyridine rings is 1. The third-order valence-corrected chi connectivity index (χ3v) is 5.73. The lowest BCUT2D eigenvalue weighted by Gasteiger charge is -2.31. The van der Waals surface area contributed by atoms with E-state index >= 15 is 0 Å². The van der Waals surface area contributed by atoms with Crippen LogP contribution in [0.2, 0.25) is 0 Å². The van der Waals surface area contributed by atoms with Crippen molar-refractivity contribution in [2.45, 2.75) is 19.4 Å². The Morgan fingerprint density at radius 3 is 2.72 bits per heavy atom. The van der Waals surface area contributed by atoms with Gasteiger partial charge in [0.15, 0.2) is 0 Å². The maximum absolute atomic E-state index is 12.5. The summed E-state index contributed by atoms with van der Waals surface area (Å²) in [6.07, 6.45) is 7.82. The number of aromatic nitrogens is 4. The summed E-state index contributed by atoms with van der Waals surface area (Å²) in [5, 5.41) is 5.66. The molecule has 0 spiro atoms. The summed E-state index contributed by atoms with van der Waals surface area (Å²) in [7, 11) is 0. The van der Waals surface area contributed by atoms with Crippen molar-refractivity contribution in [3.63, 3.8) is 0 Å². The lowest BCUT2D eigenvalue weighted by atomic mass is 9.95. The van der Waals surface area contributed by atoms with Crippen molar-refractivity contribution >= 4 is 23.2 Å². The maximum atomic E-state index is 12.5. The van der Waals surface area contributed by atoms with Crippen molar-refractivity contribution < 1.29 is 9.59 Å². The van der Waals surface area contributed by atoms with Crippen LogP contribution in [0.15, 0.2) is 48.4 Å². The van der Waals surface area contributed by atoms with Crippen LogP contribution in [0.5, 0.6) is 0 Å². The average Bonchev–Trinajstić information content (AvgIpc) is 3.27. The van der Waals surface area contributed by atoms with Crippen molar-refractivity contribution in [3.05, 3.63) is 59.8 Å². The van der Waals surface area contributed by atoms with Gasteiger partial charge in [0.2, 0.25) is 5.91 Å². The Labute approximate surface area is 172 Å². The van der Waals surface area contributed by atoms with E-state index in [4.69, 9.17) is 0 Å². The molecule has 2 amide bonds. The number of carbonyl (C=O) groups excluding carboxylic acids is 2. The Morgan fingerprint density at radius 2 is 2.00 bits per heavy atom. The van der Waals surface area contributed by atoms with Gasteiger partial charge >= 0.3 is 0 Å². The third-order valence-electron chi connectivity index (χ3n) is 4.81. The van der Waals surface area contributed by atoms with Crippen LogP contribution in [-0.4, -0.2) is 49.7 Å². The maximum Gasteiger partial charge on any atom is 0.272 e. The highest BCUT2D eigenvalue weighted by Gasteiger charge is 2.28. The van der Waals surface area contributed by atoms with Gasteiger partial charge in [-0.15, -0.1) is 11.3 Å². The quantitative estimate of drug-likeness (QED) is 0.694. The first-order valence-corrected chi connectivity index (χ1v) is 10.3. The Kier molecular flexibility index (Phi) is 5.85. The van der Waals surface area contributed by atoms with Gasteiger partial charge in [0.05, 0.1) is 18.4 Å². The summed E-state index contributed by atoms with van der Waals surface area (Å²) >= 11 is 1.48. The van der Waals surface area contributed by atoms with Crippen molar-refractivity contribution in [2.24, 2.45) is 5.92 Å². The summed E-state index contributed by atoms with van der Waals surface area (Å²) in [6.45, 7) is 1.49. The van der Waals surface area contributed by atoms with Crippen LogP contribution in [0.25, 0.3) is 10.7 Å². The molecule has 0 atom stereocenters. The number of amides is 2. The highest BCUT2D eigenvalue weighted by atomic mass is 32.1. The summed E-state index contributed by atoms with van der Waals surface area (Å²) < 4.78 is 0. The van der Waals surface area contributed by atoms with Crippen LogP contribution < -0.4 is 5.32 Å². The normalized spacial score (nSPS) is 14.6. The Balaban J connectivity index is 1.26. The van der Waals surface area contributed by atoms with Gasteiger partial charge < -0.3 is 10.2 Å². The number of hydrogen-bond donors (Lipinski definition) is 1. The van der Waals surface area contributed by atoms with Crippen LogP contribution in [0.1, 0.15) is 29.0 Å². The topological polar surface area (TPSA) is 101 Å². The van der Waals surface area contributed by atoms with Gasteiger partial charge in [-0.2, -0.15) is 0 Å². The third kappa shape index (κ3) is 4.62. The molecule has 4 rings (SSSR count). The van der Waals surface area contributed by atoms with E-state index in [0.29, 0.717) is 38.2 Å². The van der Waals surface area contributed by atoms with Gasteiger partial charge in [0.25, 0.3) is 5.91 Å². The van der Waals surface area contributed by atoms with E-state index in [0.717, 1.165) is 16.4 Å². The first kappa shape index (κ1) is 19.1. The molecule has 0 aromatic carbocycles. The second-order valence-electron chi connectivity index (χ2n) is 6.73. The van der Waals surface area contributed by atoms with Gasteiger partial charge in [0.1, 0.15) is 16.4 Å². The Hall–Kier alpha value is -3.20. The molecule has 1 N–H and O–H groups in total. The molecular formula is C20H20N6O2S. The number of nitrogens with zero attached hydrogens (tertiary/aromatic N) is 5. The van der Waals surface area contributed by atoms with E-state index in [1.165, 1.54) is 11.3 Å².